The van der Waals surface area contributed by atoms with E-state index >= 15 is 0 Å². The highest BCUT2D eigenvalue weighted by Crippen LogP contribution is 2.35. The number of hydrogen-bond acceptors (Lipinski definition) is 4. The van der Waals surface area contributed by atoms with Gasteiger partial charge in [0.15, 0.2) is 0 Å². The quantitative estimate of drug-likeness (QED) is 0.444. The van der Waals surface area contributed by atoms with Gasteiger partial charge >= 0.3 is 0 Å². The van der Waals surface area contributed by atoms with E-state index in [9.17, 15) is 0 Å². The van der Waals surface area contributed by atoms with Gasteiger partial charge in [-0.1, -0.05) is 29.8 Å². The van der Waals surface area contributed by atoms with Crippen molar-refractivity contribution in [2.24, 2.45) is 7.05 Å². The Morgan fingerprint density at radius 1 is 1.07 bits per heavy atom. The summed E-state index contributed by atoms with van der Waals surface area (Å²) in [5.41, 5.74) is 5.56. The van der Waals surface area contributed by atoms with Gasteiger partial charge in [-0.25, -0.2) is 15.0 Å². The number of benzene rings is 2. The topological polar surface area (TPSA) is 71.4 Å². The van der Waals surface area contributed by atoms with Gasteiger partial charge in [-0.15, -0.1) is 0 Å². The summed E-state index contributed by atoms with van der Waals surface area (Å²) in [6.07, 6.45) is 3.58. The standard InChI is InChI=1S/C21H17ClN6/c1-12-14(22)6-5-9-15(12)25-20-18-13(10-28(2)21(18)24-11-23-20)19-26-16-7-3-4-8-17(16)27-19/h3-11H,1-2H3,(H,26,27)(H,23,24,25). The summed E-state index contributed by atoms with van der Waals surface area (Å²) in [7, 11) is 1.97. The lowest BCUT2D eigenvalue weighted by Crippen LogP contribution is -1.99. The Bertz CT molecular complexity index is 1300. The molecule has 5 aromatic rings. The second-order valence-electron chi connectivity index (χ2n) is 6.71. The van der Waals surface area contributed by atoms with Gasteiger partial charge in [0.25, 0.3) is 0 Å². The average molecular weight is 389 g/mol. The summed E-state index contributed by atoms with van der Waals surface area (Å²) < 4.78 is 1.98. The minimum Gasteiger partial charge on any atom is -0.339 e. The number of halogens is 1. The van der Waals surface area contributed by atoms with E-state index in [0.717, 1.165) is 44.7 Å². The van der Waals surface area contributed by atoms with Crippen LogP contribution < -0.4 is 5.32 Å². The SMILES string of the molecule is Cc1c(Cl)cccc1Nc1ncnc2c1c(-c1nc3ccccc3[nH]1)cn2C. The van der Waals surface area contributed by atoms with Crippen molar-refractivity contribution in [3.63, 3.8) is 0 Å². The molecular weight excluding hydrogens is 372 g/mol. The van der Waals surface area contributed by atoms with Crippen LogP contribution in [0.2, 0.25) is 5.02 Å². The van der Waals surface area contributed by atoms with Crippen molar-refractivity contribution in [3.8, 4) is 11.4 Å². The number of hydrogen-bond donors (Lipinski definition) is 2. The molecule has 0 radical (unpaired) electrons. The van der Waals surface area contributed by atoms with E-state index in [4.69, 9.17) is 16.6 Å². The van der Waals surface area contributed by atoms with Crippen molar-refractivity contribution < 1.29 is 0 Å². The molecule has 0 bridgehead atoms. The number of H-pyrrole nitrogens is 1. The molecule has 0 amide bonds. The Labute approximate surface area is 166 Å². The number of rotatable bonds is 3. The molecule has 0 aliphatic carbocycles. The van der Waals surface area contributed by atoms with Gasteiger partial charge in [-0.3, -0.25) is 0 Å². The summed E-state index contributed by atoms with van der Waals surface area (Å²) in [5.74, 6) is 1.50. The normalized spacial score (nSPS) is 11.4. The van der Waals surface area contributed by atoms with Crippen LogP contribution in [0, 0.1) is 6.92 Å². The Morgan fingerprint density at radius 3 is 2.79 bits per heavy atom. The maximum atomic E-state index is 6.28. The third-order valence-corrected chi connectivity index (χ3v) is 5.33. The minimum absolute atomic E-state index is 0.709. The number of aryl methyl sites for hydroxylation is 1. The van der Waals surface area contributed by atoms with Crippen LogP contribution in [0.5, 0.6) is 0 Å². The summed E-state index contributed by atoms with van der Waals surface area (Å²) >= 11 is 6.28. The fraction of sp³-hybridized carbons (Fsp3) is 0.0952. The zero-order chi connectivity index (χ0) is 19.3. The lowest BCUT2D eigenvalue weighted by molar-refractivity contribution is 0.944. The summed E-state index contributed by atoms with van der Waals surface area (Å²) in [6.45, 7) is 1.98. The maximum absolute atomic E-state index is 6.28. The van der Waals surface area contributed by atoms with Crippen molar-refractivity contribution in [2.45, 2.75) is 6.92 Å². The van der Waals surface area contributed by atoms with Gasteiger partial charge in [0.2, 0.25) is 0 Å². The first-order chi connectivity index (χ1) is 13.6. The first kappa shape index (κ1) is 16.8. The number of para-hydroxylation sites is 2. The van der Waals surface area contributed by atoms with E-state index in [2.05, 4.69) is 20.3 Å². The summed E-state index contributed by atoms with van der Waals surface area (Å²) in [5, 5.41) is 5.04. The van der Waals surface area contributed by atoms with Crippen LogP contribution in [0.15, 0.2) is 55.0 Å². The van der Waals surface area contributed by atoms with E-state index < -0.39 is 0 Å². The van der Waals surface area contributed by atoms with Crippen LogP contribution in [0.4, 0.5) is 11.5 Å². The summed E-state index contributed by atoms with van der Waals surface area (Å²) in [6, 6.07) is 13.8. The van der Waals surface area contributed by atoms with Gasteiger partial charge in [-0.2, -0.15) is 0 Å². The van der Waals surface area contributed by atoms with Crippen molar-refractivity contribution in [1.82, 2.24) is 24.5 Å². The third-order valence-electron chi connectivity index (χ3n) is 4.92. The number of fused-ring (bicyclic) bond motifs is 2. The molecule has 28 heavy (non-hydrogen) atoms. The first-order valence-electron chi connectivity index (χ1n) is 8.89. The van der Waals surface area contributed by atoms with Crippen molar-refractivity contribution >= 4 is 45.2 Å². The molecule has 0 saturated heterocycles. The molecule has 0 saturated carbocycles. The van der Waals surface area contributed by atoms with Crippen molar-refractivity contribution in [3.05, 3.63) is 65.6 Å². The van der Waals surface area contributed by atoms with Crippen LogP contribution >= 0.6 is 11.6 Å². The second kappa shape index (κ2) is 6.35. The number of nitrogens with one attached hydrogen (secondary N) is 2. The van der Waals surface area contributed by atoms with Gasteiger partial charge in [0.1, 0.15) is 23.6 Å². The molecule has 0 aliphatic heterocycles. The minimum atomic E-state index is 0.709. The Balaban J connectivity index is 1.71. The Morgan fingerprint density at radius 2 is 1.93 bits per heavy atom. The van der Waals surface area contributed by atoms with E-state index in [1.54, 1.807) is 6.33 Å². The Hall–Kier alpha value is -3.38. The van der Waals surface area contributed by atoms with Crippen molar-refractivity contribution in [1.29, 1.82) is 0 Å². The number of anilines is 2. The second-order valence-corrected chi connectivity index (χ2v) is 7.12. The molecule has 3 heterocycles. The molecule has 5 rings (SSSR count). The van der Waals surface area contributed by atoms with E-state index in [0.29, 0.717) is 10.8 Å². The van der Waals surface area contributed by atoms with Crippen LogP contribution in [-0.2, 0) is 7.05 Å². The molecule has 0 fully saturated rings. The predicted molar refractivity (Wildman–Crippen MR) is 113 cm³/mol. The summed E-state index contributed by atoms with van der Waals surface area (Å²) in [4.78, 5) is 17.1. The molecule has 0 aliphatic rings. The molecule has 138 valence electrons. The van der Waals surface area contributed by atoms with E-state index in [1.807, 2.05) is 67.2 Å². The highest BCUT2D eigenvalue weighted by Gasteiger charge is 2.18. The molecule has 6 nitrogen and oxygen atoms in total. The number of imidazole rings is 1. The molecular formula is C21H17ClN6. The van der Waals surface area contributed by atoms with Crippen LogP contribution in [0.3, 0.4) is 0 Å². The molecule has 0 spiro atoms. The van der Waals surface area contributed by atoms with Gasteiger partial charge in [0.05, 0.1) is 16.4 Å². The monoisotopic (exact) mass is 388 g/mol. The fourth-order valence-corrected chi connectivity index (χ4v) is 3.61. The number of aromatic nitrogens is 5. The Kier molecular flexibility index (Phi) is 3.80. The predicted octanol–water partition coefficient (Wildman–Crippen LogP) is 5.22. The third kappa shape index (κ3) is 2.61. The average Bonchev–Trinajstić information content (AvgIpc) is 3.27. The molecule has 0 unspecified atom stereocenters. The lowest BCUT2D eigenvalue weighted by atomic mass is 10.2. The van der Waals surface area contributed by atoms with Crippen LogP contribution in [-0.4, -0.2) is 24.5 Å². The zero-order valence-corrected chi connectivity index (χ0v) is 16.1. The molecule has 2 N–H and O–H groups in total. The largest absolute Gasteiger partial charge is 0.339 e. The van der Waals surface area contributed by atoms with Crippen LogP contribution in [0.25, 0.3) is 33.5 Å². The zero-order valence-electron chi connectivity index (χ0n) is 15.4. The molecule has 7 heteroatoms. The van der Waals surface area contributed by atoms with Gasteiger partial charge < -0.3 is 14.9 Å². The fourth-order valence-electron chi connectivity index (χ4n) is 3.44. The molecule has 0 atom stereocenters. The molecule has 2 aromatic carbocycles. The van der Waals surface area contributed by atoms with E-state index in [-0.39, 0.29) is 0 Å². The van der Waals surface area contributed by atoms with Gasteiger partial charge in [0, 0.05) is 29.5 Å². The first-order valence-corrected chi connectivity index (χ1v) is 9.27. The molecule has 3 aromatic heterocycles. The smallest absolute Gasteiger partial charge is 0.145 e. The maximum Gasteiger partial charge on any atom is 0.145 e. The lowest BCUT2D eigenvalue weighted by Gasteiger charge is -2.11. The number of nitrogens with zero attached hydrogens (tertiary/aromatic N) is 4. The van der Waals surface area contributed by atoms with Crippen molar-refractivity contribution in [2.75, 3.05) is 5.32 Å². The van der Waals surface area contributed by atoms with Crippen LogP contribution in [0.1, 0.15) is 5.56 Å². The van der Waals surface area contributed by atoms with E-state index in [1.165, 1.54) is 0 Å². The van der Waals surface area contributed by atoms with Gasteiger partial charge in [-0.05, 0) is 36.8 Å². The highest BCUT2D eigenvalue weighted by atomic mass is 35.5. The number of aromatic amines is 1. The highest BCUT2D eigenvalue weighted by molar-refractivity contribution is 6.31.